The van der Waals surface area contributed by atoms with Crippen molar-refractivity contribution in [2.24, 2.45) is 0 Å². The molecule has 1 aromatic rings. The van der Waals surface area contributed by atoms with Crippen molar-refractivity contribution in [3.05, 3.63) is 30.3 Å². The maximum absolute atomic E-state index is 9.93. The molecule has 1 atom stereocenters. The van der Waals surface area contributed by atoms with Gasteiger partial charge in [-0.3, -0.25) is 4.18 Å². The molecule has 0 aliphatic heterocycles. The number of rotatable bonds is 5. The van der Waals surface area contributed by atoms with Crippen LogP contribution in [0.5, 0.6) is 5.75 Å². The van der Waals surface area contributed by atoms with Crippen molar-refractivity contribution < 1.29 is 17.7 Å². The average Bonchev–Trinajstić information content (AvgIpc) is 2.28. The van der Waals surface area contributed by atoms with E-state index in [1.54, 1.807) is 12.1 Å². The van der Waals surface area contributed by atoms with E-state index in [-0.39, 0.29) is 19.4 Å². The van der Waals surface area contributed by atoms with Gasteiger partial charge in [0.25, 0.3) is 0 Å². The van der Waals surface area contributed by atoms with Gasteiger partial charge in [-0.1, -0.05) is 32.0 Å². The lowest BCUT2D eigenvalue weighted by Gasteiger charge is -2.07. The minimum Gasteiger partial charge on any atom is -0.750 e. The summed E-state index contributed by atoms with van der Waals surface area (Å²) < 4.78 is 29.3. The van der Waals surface area contributed by atoms with Crippen LogP contribution < -0.4 is 10.9 Å². The normalized spacial score (nSPS) is 10.4. The highest BCUT2D eigenvalue weighted by atomic mass is 32.2. The molecule has 1 unspecified atom stereocenters. The van der Waals surface area contributed by atoms with E-state index in [2.05, 4.69) is 4.18 Å². The Kier molecular flexibility index (Phi) is 13.2. The standard InChI is InChI=1S/C8H10O4S.C2H6.H3N/c9-13(10)12-7-6-11-8-4-2-1-3-5-8;1-2;/h1-5H,6-7H2,(H,9,10);1-2H3;1H3/p-1. The van der Waals surface area contributed by atoms with Gasteiger partial charge in [0, 0.05) is 0 Å². The SMILES string of the molecule is CC.N.O=S([O-])OCCOc1ccccc1. The van der Waals surface area contributed by atoms with Gasteiger partial charge in [-0.05, 0) is 12.1 Å². The second-order valence-electron chi connectivity index (χ2n) is 2.19. The van der Waals surface area contributed by atoms with Crippen LogP contribution in [0.4, 0.5) is 0 Å². The molecular formula is C10H18NO4S-. The minimum atomic E-state index is -2.45. The second-order valence-corrected chi connectivity index (χ2v) is 2.83. The van der Waals surface area contributed by atoms with Gasteiger partial charge in [-0.25, -0.2) is 4.21 Å². The first-order chi connectivity index (χ1) is 7.29. The summed E-state index contributed by atoms with van der Waals surface area (Å²) in [5.41, 5.74) is 0. The predicted molar refractivity (Wildman–Crippen MR) is 63.2 cm³/mol. The van der Waals surface area contributed by atoms with Gasteiger partial charge in [-0.2, -0.15) is 0 Å². The molecule has 0 aliphatic carbocycles. The van der Waals surface area contributed by atoms with E-state index in [0.717, 1.165) is 0 Å². The van der Waals surface area contributed by atoms with Crippen LogP contribution in [0.1, 0.15) is 13.8 Å². The Labute approximate surface area is 98.8 Å². The highest BCUT2D eigenvalue weighted by Crippen LogP contribution is 2.07. The van der Waals surface area contributed by atoms with E-state index < -0.39 is 11.4 Å². The Balaban J connectivity index is 0. The summed E-state index contributed by atoms with van der Waals surface area (Å²) in [5, 5.41) is 0. The second kappa shape index (κ2) is 12.1. The van der Waals surface area contributed by atoms with E-state index >= 15 is 0 Å². The lowest BCUT2D eigenvalue weighted by molar-refractivity contribution is 0.215. The molecule has 6 heteroatoms. The zero-order valence-corrected chi connectivity index (χ0v) is 10.4. The molecule has 1 aromatic carbocycles. The molecule has 0 aromatic heterocycles. The van der Waals surface area contributed by atoms with E-state index in [0.29, 0.717) is 5.75 Å². The highest BCUT2D eigenvalue weighted by Gasteiger charge is 1.91. The molecule has 0 fully saturated rings. The molecule has 3 N–H and O–H groups in total. The van der Waals surface area contributed by atoms with Gasteiger partial charge in [-0.15, -0.1) is 0 Å². The van der Waals surface area contributed by atoms with E-state index in [9.17, 15) is 8.76 Å². The molecule has 0 aliphatic rings. The van der Waals surface area contributed by atoms with Crippen LogP contribution in [0.25, 0.3) is 0 Å². The van der Waals surface area contributed by atoms with Crippen molar-refractivity contribution in [3.8, 4) is 5.75 Å². The van der Waals surface area contributed by atoms with Crippen LogP contribution in [0.15, 0.2) is 30.3 Å². The third-order valence-electron chi connectivity index (χ3n) is 1.27. The van der Waals surface area contributed by atoms with Gasteiger partial charge in [0.05, 0.1) is 18.0 Å². The highest BCUT2D eigenvalue weighted by molar-refractivity contribution is 7.74. The van der Waals surface area contributed by atoms with Gasteiger partial charge in [0.15, 0.2) is 0 Å². The van der Waals surface area contributed by atoms with Crippen LogP contribution in [-0.2, 0) is 15.5 Å². The molecule has 0 spiro atoms. The lowest BCUT2D eigenvalue weighted by atomic mass is 10.3. The lowest BCUT2D eigenvalue weighted by Crippen LogP contribution is -2.07. The zero-order chi connectivity index (χ0) is 11.5. The number of para-hydroxylation sites is 1. The molecule has 94 valence electrons. The Hall–Kier alpha value is -0.950. The van der Waals surface area contributed by atoms with Crippen LogP contribution in [0, 0.1) is 0 Å². The fraction of sp³-hybridized carbons (Fsp3) is 0.400. The monoisotopic (exact) mass is 248 g/mol. The number of ether oxygens (including phenoxy) is 1. The fourth-order valence-corrected chi connectivity index (χ4v) is 0.982. The molecule has 0 amide bonds. The first-order valence-corrected chi connectivity index (χ1v) is 5.69. The number of hydrogen-bond acceptors (Lipinski definition) is 5. The third-order valence-corrected chi connectivity index (χ3v) is 1.63. The first kappa shape index (κ1) is 17.4. The Bertz CT molecular complexity index is 269. The molecule has 0 bridgehead atoms. The Morgan fingerprint density at radius 1 is 1.19 bits per heavy atom. The summed E-state index contributed by atoms with van der Waals surface area (Å²) in [6.45, 7) is 4.25. The molecule has 0 saturated carbocycles. The minimum absolute atomic E-state index is 0. The molecular weight excluding hydrogens is 230 g/mol. The maximum atomic E-state index is 9.93. The zero-order valence-electron chi connectivity index (χ0n) is 9.55. The summed E-state index contributed by atoms with van der Waals surface area (Å²) in [7, 11) is 0. The van der Waals surface area contributed by atoms with Crippen LogP contribution in [-0.4, -0.2) is 22.0 Å². The Morgan fingerprint density at radius 3 is 2.25 bits per heavy atom. The van der Waals surface area contributed by atoms with Crippen LogP contribution in [0.2, 0.25) is 0 Å². The van der Waals surface area contributed by atoms with Gasteiger partial charge < -0.3 is 15.4 Å². The van der Waals surface area contributed by atoms with Crippen LogP contribution in [0.3, 0.4) is 0 Å². The van der Waals surface area contributed by atoms with E-state index in [1.165, 1.54) is 0 Å². The first-order valence-electron chi connectivity index (χ1n) is 4.69. The maximum Gasteiger partial charge on any atom is 0.119 e. The van der Waals surface area contributed by atoms with Gasteiger partial charge in [0.1, 0.15) is 12.4 Å². The van der Waals surface area contributed by atoms with Crippen molar-refractivity contribution in [2.75, 3.05) is 13.2 Å². The van der Waals surface area contributed by atoms with Gasteiger partial charge in [0.2, 0.25) is 0 Å². The molecule has 0 radical (unpaired) electrons. The topological polar surface area (TPSA) is 93.6 Å². The van der Waals surface area contributed by atoms with Crippen LogP contribution >= 0.6 is 0 Å². The molecule has 1 rings (SSSR count). The van der Waals surface area contributed by atoms with Crippen molar-refractivity contribution >= 4 is 11.4 Å². The predicted octanol–water partition coefficient (Wildman–Crippen LogP) is 2.06. The summed E-state index contributed by atoms with van der Waals surface area (Å²) in [6, 6.07) is 9.11. The van der Waals surface area contributed by atoms with E-state index in [4.69, 9.17) is 4.74 Å². The average molecular weight is 248 g/mol. The Morgan fingerprint density at radius 2 is 1.75 bits per heavy atom. The molecule has 0 heterocycles. The summed E-state index contributed by atoms with van der Waals surface area (Å²) in [5.74, 6) is 0.697. The molecule has 0 saturated heterocycles. The summed E-state index contributed by atoms with van der Waals surface area (Å²) in [4.78, 5) is 0. The number of hydrogen-bond donors (Lipinski definition) is 1. The van der Waals surface area contributed by atoms with Crippen molar-refractivity contribution in [1.82, 2.24) is 6.15 Å². The number of benzene rings is 1. The van der Waals surface area contributed by atoms with Crippen molar-refractivity contribution in [1.29, 1.82) is 0 Å². The molecule has 5 nitrogen and oxygen atoms in total. The molecule has 16 heavy (non-hydrogen) atoms. The largest absolute Gasteiger partial charge is 0.750 e. The van der Waals surface area contributed by atoms with E-state index in [1.807, 2.05) is 32.0 Å². The summed E-state index contributed by atoms with van der Waals surface area (Å²) in [6.07, 6.45) is 0. The quantitative estimate of drug-likeness (QED) is 0.635. The smallest absolute Gasteiger partial charge is 0.119 e. The van der Waals surface area contributed by atoms with Crippen molar-refractivity contribution in [3.63, 3.8) is 0 Å². The van der Waals surface area contributed by atoms with Gasteiger partial charge >= 0.3 is 0 Å². The fourth-order valence-electron chi connectivity index (χ4n) is 0.778. The van der Waals surface area contributed by atoms with Crippen molar-refractivity contribution in [2.45, 2.75) is 13.8 Å². The summed E-state index contributed by atoms with van der Waals surface area (Å²) >= 11 is -2.45. The third kappa shape index (κ3) is 9.60.